The molecule has 0 bridgehead atoms. The summed E-state index contributed by atoms with van der Waals surface area (Å²) >= 11 is 0. The van der Waals surface area contributed by atoms with Crippen molar-refractivity contribution in [2.45, 2.75) is 0 Å². The van der Waals surface area contributed by atoms with Crippen LogP contribution in [0.3, 0.4) is 0 Å². The standard InChI is InChI=1S/C9H7FN2/c10-8-3-1-7(2-4-8)9-11-5-6-12-9/h1-6H,(H,11,12). The molecule has 1 heterocycles. The summed E-state index contributed by atoms with van der Waals surface area (Å²) in [5.41, 5.74) is 0.890. The van der Waals surface area contributed by atoms with Crippen LogP contribution in [0.15, 0.2) is 36.7 Å². The summed E-state index contributed by atoms with van der Waals surface area (Å²) in [5.74, 6) is 0.528. The number of rotatable bonds is 1. The number of benzene rings is 1. The molecule has 1 aromatic carbocycles. The second kappa shape index (κ2) is 2.77. The fourth-order valence-corrected chi connectivity index (χ4v) is 1.03. The summed E-state index contributed by atoms with van der Waals surface area (Å²) in [5, 5.41) is 0. The number of aromatic amines is 1. The van der Waals surface area contributed by atoms with Gasteiger partial charge < -0.3 is 4.98 Å². The van der Waals surface area contributed by atoms with Crippen molar-refractivity contribution in [3.05, 3.63) is 42.5 Å². The maximum atomic E-state index is 12.5. The highest BCUT2D eigenvalue weighted by Gasteiger charge is 1.97. The molecule has 2 nitrogen and oxygen atoms in total. The van der Waals surface area contributed by atoms with E-state index >= 15 is 0 Å². The van der Waals surface area contributed by atoms with E-state index in [1.165, 1.54) is 12.1 Å². The van der Waals surface area contributed by atoms with E-state index in [2.05, 4.69) is 9.97 Å². The van der Waals surface area contributed by atoms with Gasteiger partial charge in [-0.15, -0.1) is 0 Å². The number of hydrogen-bond acceptors (Lipinski definition) is 1. The number of nitrogens with one attached hydrogen (secondary N) is 1. The van der Waals surface area contributed by atoms with Crippen LogP contribution in [-0.4, -0.2) is 9.97 Å². The minimum atomic E-state index is -0.231. The second-order valence-corrected chi connectivity index (χ2v) is 2.44. The number of halogens is 1. The van der Waals surface area contributed by atoms with E-state index in [0.29, 0.717) is 0 Å². The minimum Gasteiger partial charge on any atom is -0.345 e. The third-order valence-corrected chi connectivity index (χ3v) is 1.62. The molecule has 0 radical (unpaired) electrons. The molecule has 1 N–H and O–H groups in total. The van der Waals surface area contributed by atoms with Crippen molar-refractivity contribution < 1.29 is 4.39 Å². The lowest BCUT2D eigenvalue weighted by atomic mass is 10.2. The van der Waals surface area contributed by atoms with Gasteiger partial charge in [-0.3, -0.25) is 0 Å². The fourth-order valence-electron chi connectivity index (χ4n) is 1.03. The smallest absolute Gasteiger partial charge is 0.137 e. The lowest BCUT2D eigenvalue weighted by Crippen LogP contribution is -1.80. The lowest BCUT2D eigenvalue weighted by molar-refractivity contribution is 0.628. The summed E-state index contributed by atoms with van der Waals surface area (Å²) in [7, 11) is 0. The van der Waals surface area contributed by atoms with E-state index in [9.17, 15) is 4.39 Å². The van der Waals surface area contributed by atoms with Crippen LogP contribution in [0.5, 0.6) is 0 Å². The summed E-state index contributed by atoms with van der Waals surface area (Å²) in [6.07, 6.45) is 3.40. The molecule has 60 valence electrons. The van der Waals surface area contributed by atoms with Crippen LogP contribution in [0.2, 0.25) is 0 Å². The van der Waals surface area contributed by atoms with Crippen molar-refractivity contribution in [1.29, 1.82) is 0 Å². The SMILES string of the molecule is Fc1ccc(-c2ncc[nH]2)cc1. The molecule has 0 aliphatic carbocycles. The molecule has 2 aromatic rings. The van der Waals surface area contributed by atoms with E-state index in [1.807, 2.05) is 0 Å². The Balaban J connectivity index is 2.43. The Kier molecular flexibility index (Phi) is 1.63. The molecule has 0 amide bonds. The van der Waals surface area contributed by atoms with Crippen molar-refractivity contribution in [2.24, 2.45) is 0 Å². The van der Waals surface area contributed by atoms with Gasteiger partial charge in [-0.2, -0.15) is 0 Å². The van der Waals surface area contributed by atoms with E-state index in [-0.39, 0.29) is 5.82 Å². The van der Waals surface area contributed by atoms with E-state index in [0.717, 1.165) is 11.4 Å². The molecule has 12 heavy (non-hydrogen) atoms. The van der Waals surface area contributed by atoms with Gasteiger partial charge in [-0.25, -0.2) is 9.37 Å². The third-order valence-electron chi connectivity index (χ3n) is 1.62. The van der Waals surface area contributed by atoms with Crippen LogP contribution in [0.25, 0.3) is 11.4 Å². The first-order chi connectivity index (χ1) is 5.86. The minimum absolute atomic E-state index is 0.231. The summed E-state index contributed by atoms with van der Waals surface area (Å²) in [6.45, 7) is 0. The van der Waals surface area contributed by atoms with Crippen LogP contribution in [0, 0.1) is 5.82 Å². The van der Waals surface area contributed by atoms with Gasteiger partial charge >= 0.3 is 0 Å². The summed E-state index contributed by atoms with van der Waals surface area (Å²) in [4.78, 5) is 6.98. The van der Waals surface area contributed by atoms with Gasteiger partial charge in [-0.1, -0.05) is 0 Å². The van der Waals surface area contributed by atoms with Crippen LogP contribution in [-0.2, 0) is 0 Å². The second-order valence-electron chi connectivity index (χ2n) is 2.44. The average molecular weight is 162 g/mol. The van der Waals surface area contributed by atoms with Gasteiger partial charge in [0.15, 0.2) is 0 Å². The Bertz CT molecular complexity index is 351. The monoisotopic (exact) mass is 162 g/mol. The number of nitrogens with zero attached hydrogens (tertiary/aromatic N) is 1. The van der Waals surface area contributed by atoms with Crippen molar-refractivity contribution in [1.82, 2.24) is 9.97 Å². The molecule has 0 aliphatic heterocycles. The van der Waals surface area contributed by atoms with Crippen molar-refractivity contribution in [3.63, 3.8) is 0 Å². The Morgan fingerprint density at radius 2 is 1.92 bits per heavy atom. The van der Waals surface area contributed by atoms with E-state index in [4.69, 9.17) is 0 Å². The van der Waals surface area contributed by atoms with Crippen LogP contribution in [0.1, 0.15) is 0 Å². The predicted molar refractivity (Wildman–Crippen MR) is 44.0 cm³/mol. The summed E-state index contributed by atoms with van der Waals surface area (Å²) < 4.78 is 12.5. The van der Waals surface area contributed by atoms with Crippen LogP contribution in [0.4, 0.5) is 4.39 Å². The molecule has 0 unspecified atom stereocenters. The number of H-pyrrole nitrogens is 1. The third kappa shape index (κ3) is 1.21. The first-order valence-electron chi connectivity index (χ1n) is 3.61. The predicted octanol–water partition coefficient (Wildman–Crippen LogP) is 2.22. The van der Waals surface area contributed by atoms with Crippen LogP contribution < -0.4 is 0 Å². The molecule has 3 heteroatoms. The van der Waals surface area contributed by atoms with Crippen molar-refractivity contribution >= 4 is 0 Å². The van der Waals surface area contributed by atoms with E-state index in [1.54, 1.807) is 24.5 Å². The zero-order valence-electron chi connectivity index (χ0n) is 6.29. The van der Waals surface area contributed by atoms with Gasteiger partial charge in [0.05, 0.1) is 0 Å². The number of hydrogen-bond donors (Lipinski definition) is 1. The lowest BCUT2D eigenvalue weighted by Gasteiger charge is -1.94. The molecule has 0 atom stereocenters. The van der Waals surface area contributed by atoms with Crippen LogP contribution >= 0.6 is 0 Å². The maximum absolute atomic E-state index is 12.5. The first-order valence-corrected chi connectivity index (χ1v) is 3.61. The van der Waals surface area contributed by atoms with Gasteiger partial charge in [0.25, 0.3) is 0 Å². The van der Waals surface area contributed by atoms with Gasteiger partial charge in [0.1, 0.15) is 11.6 Å². The highest BCUT2D eigenvalue weighted by Crippen LogP contribution is 2.13. The van der Waals surface area contributed by atoms with E-state index < -0.39 is 0 Å². The fraction of sp³-hybridized carbons (Fsp3) is 0. The molecule has 0 fully saturated rings. The zero-order chi connectivity index (χ0) is 8.39. The number of imidazole rings is 1. The number of aromatic nitrogens is 2. The van der Waals surface area contributed by atoms with Crippen molar-refractivity contribution in [3.8, 4) is 11.4 Å². The Morgan fingerprint density at radius 3 is 2.50 bits per heavy atom. The van der Waals surface area contributed by atoms with Crippen molar-refractivity contribution in [2.75, 3.05) is 0 Å². The molecule has 1 aromatic heterocycles. The maximum Gasteiger partial charge on any atom is 0.137 e. The Hall–Kier alpha value is -1.64. The largest absolute Gasteiger partial charge is 0.345 e. The first kappa shape index (κ1) is 7.03. The zero-order valence-corrected chi connectivity index (χ0v) is 6.29. The van der Waals surface area contributed by atoms with Gasteiger partial charge in [0, 0.05) is 18.0 Å². The Morgan fingerprint density at radius 1 is 1.17 bits per heavy atom. The normalized spacial score (nSPS) is 10.1. The molecule has 0 aliphatic rings. The highest BCUT2D eigenvalue weighted by atomic mass is 19.1. The molecular formula is C9H7FN2. The average Bonchev–Trinajstić information content (AvgIpc) is 2.58. The molecule has 0 spiro atoms. The van der Waals surface area contributed by atoms with Gasteiger partial charge in [0.2, 0.25) is 0 Å². The van der Waals surface area contributed by atoms with Gasteiger partial charge in [-0.05, 0) is 24.3 Å². The quantitative estimate of drug-likeness (QED) is 0.684. The molecule has 2 rings (SSSR count). The summed E-state index contributed by atoms with van der Waals surface area (Å²) in [6, 6.07) is 6.21. The topological polar surface area (TPSA) is 28.7 Å². The highest BCUT2D eigenvalue weighted by molar-refractivity contribution is 5.54. The molecule has 0 saturated carbocycles. The Labute approximate surface area is 69.1 Å². The molecule has 0 saturated heterocycles. The molecular weight excluding hydrogens is 155 g/mol.